The van der Waals surface area contributed by atoms with E-state index < -0.39 is 0 Å². The second kappa shape index (κ2) is 4.42. The molecule has 0 aliphatic carbocycles. The van der Waals surface area contributed by atoms with Crippen LogP contribution in [0.4, 0.5) is 0 Å². The standard InChI is InChI=1S/C11H19N3/c1-11(2,3)13-7-5-6-10-8-12-9-14(10)4/h5-6,8-9,13H,7H2,1-4H3. The van der Waals surface area contributed by atoms with Gasteiger partial charge in [-0.05, 0) is 26.8 Å². The lowest BCUT2D eigenvalue weighted by Crippen LogP contribution is -2.35. The largest absolute Gasteiger partial charge is 0.334 e. The Kier molecular flexibility index (Phi) is 3.47. The monoisotopic (exact) mass is 193 g/mol. The van der Waals surface area contributed by atoms with Crippen LogP contribution in [0.5, 0.6) is 0 Å². The fraction of sp³-hybridized carbons (Fsp3) is 0.545. The molecule has 1 heterocycles. The lowest BCUT2D eigenvalue weighted by atomic mass is 10.1. The molecular formula is C11H19N3. The Bertz CT molecular complexity index is 305. The van der Waals surface area contributed by atoms with Crippen LogP contribution < -0.4 is 5.32 Å². The van der Waals surface area contributed by atoms with Crippen molar-refractivity contribution in [2.75, 3.05) is 6.54 Å². The molecule has 1 rings (SSSR count). The van der Waals surface area contributed by atoms with E-state index in [4.69, 9.17) is 0 Å². The van der Waals surface area contributed by atoms with Crippen molar-refractivity contribution < 1.29 is 0 Å². The van der Waals surface area contributed by atoms with Gasteiger partial charge in [0.25, 0.3) is 0 Å². The third kappa shape index (κ3) is 3.75. The summed E-state index contributed by atoms with van der Waals surface area (Å²) in [4.78, 5) is 4.04. The number of aromatic nitrogens is 2. The Labute approximate surface area is 85.8 Å². The maximum Gasteiger partial charge on any atom is 0.0948 e. The first kappa shape index (κ1) is 11.0. The Balaban J connectivity index is 2.39. The summed E-state index contributed by atoms with van der Waals surface area (Å²) in [6.45, 7) is 7.36. The smallest absolute Gasteiger partial charge is 0.0948 e. The van der Waals surface area contributed by atoms with E-state index in [0.717, 1.165) is 12.2 Å². The highest BCUT2D eigenvalue weighted by atomic mass is 15.0. The van der Waals surface area contributed by atoms with E-state index >= 15 is 0 Å². The Morgan fingerprint density at radius 3 is 2.71 bits per heavy atom. The van der Waals surface area contributed by atoms with Gasteiger partial charge in [-0.3, -0.25) is 0 Å². The first-order valence-corrected chi connectivity index (χ1v) is 4.87. The molecule has 0 spiro atoms. The molecule has 0 saturated heterocycles. The average Bonchev–Trinajstić information content (AvgIpc) is 2.44. The van der Waals surface area contributed by atoms with Crippen molar-refractivity contribution in [2.24, 2.45) is 7.05 Å². The molecule has 14 heavy (non-hydrogen) atoms. The number of aryl methyl sites for hydroxylation is 1. The summed E-state index contributed by atoms with van der Waals surface area (Å²) < 4.78 is 1.99. The average molecular weight is 193 g/mol. The summed E-state index contributed by atoms with van der Waals surface area (Å²) in [5.41, 5.74) is 1.30. The van der Waals surface area contributed by atoms with Gasteiger partial charge in [0.05, 0.1) is 18.2 Å². The van der Waals surface area contributed by atoms with Crippen LogP contribution in [0.15, 0.2) is 18.6 Å². The number of nitrogens with one attached hydrogen (secondary N) is 1. The molecule has 0 atom stereocenters. The van der Waals surface area contributed by atoms with Gasteiger partial charge >= 0.3 is 0 Å². The minimum Gasteiger partial charge on any atom is -0.334 e. The highest BCUT2D eigenvalue weighted by molar-refractivity contribution is 5.43. The molecule has 1 N–H and O–H groups in total. The first-order chi connectivity index (χ1) is 6.49. The van der Waals surface area contributed by atoms with Crippen molar-refractivity contribution in [1.29, 1.82) is 0 Å². The molecule has 0 fully saturated rings. The van der Waals surface area contributed by atoms with Gasteiger partial charge in [0.2, 0.25) is 0 Å². The predicted molar refractivity (Wildman–Crippen MR) is 60.0 cm³/mol. The van der Waals surface area contributed by atoms with Crippen molar-refractivity contribution in [2.45, 2.75) is 26.3 Å². The van der Waals surface area contributed by atoms with Gasteiger partial charge in [-0.25, -0.2) is 4.98 Å². The van der Waals surface area contributed by atoms with Crippen molar-refractivity contribution in [1.82, 2.24) is 14.9 Å². The normalized spacial score (nSPS) is 12.6. The number of nitrogens with zero attached hydrogens (tertiary/aromatic N) is 2. The second-order valence-electron chi connectivity index (χ2n) is 4.46. The molecule has 0 aromatic carbocycles. The lowest BCUT2D eigenvalue weighted by Gasteiger charge is -2.18. The highest BCUT2D eigenvalue weighted by Crippen LogP contribution is 2.00. The molecule has 1 aromatic rings. The predicted octanol–water partition coefficient (Wildman–Crippen LogP) is 1.82. The van der Waals surface area contributed by atoms with E-state index in [-0.39, 0.29) is 5.54 Å². The molecule has 1 aromatic heterocycles. The number of rotatable bonds is 3. The van der Waals surface area contributed by atoms with Crippen molar-refractivity contribution in [3.8, 4) is 0 Å². The summed E-state index contributed by atoms with van der Waals surface area (Å²) in [5.74, 6) is 0. The van der Waals surface area contributed by atoms with E-state index in [9.17, 15) is 0 Å². The number of hydrogen-bond acceptors (Lipinski definition) is 2. The lowest BCUT2D eigenvalue weighted by molar-refractivity contribution is 0.450. The van der Waals surface area contributed by atoms with Gasteiger partial charge in [0.1, 0.15) is 0 Å². The topological polar surface area (TPSA) is 29.9 Å². The van der Waals surface area contributed by atoms with E-state index in [1.165, 1.54) is 0 Å². The summed E-state index contributed by atoms with van der Waals surface area (Å²) >= 11 is 0. The molecule has 0 amide bonds. The molecular weight excluding hydrogens is 174 g/mol. The first-order valence-electron chi connectivity index (χ1n) is 4.87. The summed E-state index contributed by atoms with van der Waals surface area (Å²) in [6.07, 6.45) is 7.85. The molecule has 0 bridgehead atoms. The van der Waals surface area contributed by atoms with Crippen LogP contribution in [0.1, 0.15) is 26.5 Å². The van der Waals surface area contributed by atoms with Gasteiger partial charge in [0, 0.05) is 19.1 Å². The Morgan fingerprint density at radius 2 is 2.21 bits per heavy atom. The number of imidazole rings is 1. The third-order valence-electron chi connectivity index (χ3n) is 1.89. The van der Waals surface area contributed by atoms with Crippen LogP contribution >= 0.6 is 0 Å². The van der Waals surface area contributed by atoms with Crippen LogP contribution in [0.3, 0.4) is 0 Å². The second-order valence-corrected chi connectivity index (χ2v) is 4.46. The Hall–Kier alpha value is -1.09. The minimum absolute atomic E-state index is 0.177. The summed E-state index contributed by atoms with van der Waals surface area (Å²) in [7, 11) is 1.99. The number of hydrogen-bond donors (Lipinski definition) is 1. The zero-order valence-electron chi connectivity index (χ0n) is 9.41. The zero-order chi connectivity index (χ0) is 10.6. The molecule has 3 nitrogen and oxygen atoms in total. The molecule has 0 aliphatic rings. The maximum absolute atomic E-state index is 4.04. The van der Waals surface area contributed by atoms with Gasteiger partial charge in [0.15, 0.2) is 0 Å². The van der Waals surface area contributed by atoms with Gasteiger partial charge in [-0.15, -0.1) is 0 Å². The van der Waals surface area contributed by atoms with Crippen LogP contribution in [-0.2, 0) is 7.05 Å². The molecule has 0 unspecified atom stereocenters. The van der Waals surface area contributed by atoms with Crippen LogP contribution in [-0.4, -0.2) is 21.6 Å². The van der Waals surface area contributed by atoms with E-state index in [2.05, 4.69) is 43.2 Å². The van der Waals surface area contributed by atoms with Crippen LogP contribution in [0.2, 0.25) is 0 Å². The van der Waals surface area contributed by atoms with Crippen LogP contribution in [0, 0.1) is 0 Å². The third-order valence-corrected chi connectivity index (χ3v) is 1.89. The highest BCUT2D eigenvalue weighted by Gasteiger charge is 2.05. The van der Waals surface area contributed by atoms with Gasteiger partial charge < -0.3 is 9.88 Å². The minimum atomic E-state index is 0.177. The van der Waals surface area contributed by atoms with Crippen LogP contribution in [0.25, 0.3) is 6.08 Å². The van der Waals surface area contributed by atoms with Crippen molar-refractivity contribution >= 4 is 6.08 Å². The fourth-order valence-corrected chi connectivity index (χ4v) is 1.07. The SMILES string of the molecule is Cn1cncc1C=CCNC(C)(C)C. The fourth-order valence-electron chi connectivity index (χ4n) is 1.07. The van der Waals surface area contributed by atoms with E-state index in [1.54, 1.807) is 6.33 Å². The van der Waals surface area contributed by atoms with Gasteiger partial charge in [-0.1, -0.05) is 6.08 Å². The molecule has 3 heteroatoms. The summed E-state index contributed by atoms with van der Waals surface area (Å²) in [6, 6.07) is 0. The van der Waals surface area contributed by atoms with Crippen molar-refractivity contribution in [3.63, 3.8) is 0 Å². The quantitative estimate of drug-likeness (QED) is 0.793. The van der Waals surface area contributed by atoms with E-state index in [0.29, 0.717) is 0 Å². The zero-order valence-corrected chi connectivity index (χ0v) is 9.41. The Morgan fingerprint density at radius 1 is 1.50 bits per heavy atom. The van der Waals surface area contributed by atoms with Crippen molar-refractivity contribution in [3.05, 3.63) is 24.3 Å². The molecule has 78 valence electrons. The van der Waals surface area contributed by atoms with Gasteiger partial charge in [-0.2, -0.15) is 0 Å². The molecule has 0 aliphatic heterocycles. The van der Waals surface area contributed by atoms with E-state index in [1.807, 2.05) is 17.8 Å². The molecule has 0 saturated carbocycles. The summed E-state index contributed by atoms with van der Waals surface area (Å²) in [5, 5.41) is 3.39. The maximum atomic E-state index is 4.04. The molecule has 0 radical (unpaired) electrons.